The highest BCUT2D eigenvalue weighted by atomic mass is 16.3. The summed E-state index contributed by atoms with van der Waals surface area (Å²) in [6, 6.07) is 9.41. The van der Waals surface area contributed by atoms with E-state index in [0.717, 1.165) is 42.6 Å². The predicted molar refractivity (Wildman–Crippen MR) is 89.7 cm³/mol. The lowest BCUT2D eigenvalue weighted by Crippen LogP contribution is -2.43. The smallest absolute Gasteiger partial charge is 0.318 e. The van der Waals surface area contributed by atoms with Gasteiger partial charge < -0.3 is 19.7 Å². The zero-order valence-electron chi connectivity index (χ0n) is 13.7. The Labute approximate surface area is 141 Å². The zero-order chi connectivity index (χ0) is 16.7. The Balaban J connectivity index is 1.52. The van der Waals surface area contributed by atoms with Crippen molar-refractivity contribution in [3.63, 3.8) is 0 Å². The number of furan rings is 1. The highest BCUT2D eigenvalue weighted by Crippen LogP contribution is 2.38. The van der Waals surface area contributed by atoms with Gasteiger partial charge in [0.1, 0.15) is 11.5 Å². The first-order chi connectivity index (χ1) is 11.6. The number of nitrogens with zero attached hydrogens (tertiary/aromatic N) is 1. The van der Waals surface area contributed by atoms with Crippen molar-refractivity contribution in [3.05, 3.63) is 53.5 Å². The molecule has 0 unspecified atom stereocenters. The van der Waals surface area contributed by atoms with Crippen LogP contribution in [-0.2, 0) is 6.42 Å². The fourth-order valence-corrected chi connectivity index (χ4v) is 3.69. The number of aromatic hydroxyl groups is 1. The van der Waals surface area contributed by atoms with Gasteiger partial charge in [0, 0.05) is 6.04 Å². The van der Waals surface area contributed by atoms with E-state index in [1.807, 2.05) is 36.1 Å². The molecule has 4 rings (SSSR count). The lowest BCUT2D eigenvalue weighted by molar-refractivity contribution is 0.162. The molecule has 1 aromatic carbocycles. The van der Waals surface area contributed by atoms with Crippen molar-refractivity contribution in [2.75, 3.05) is 0 Å². The van der Waals surface area contributed by atoms with E-state index in [1.54, 1.807) is 12.3 Å². The third kappa shape index (κ3) is 2.64. The molecule has 1 saturated carbocycles. The summed E-state index contributed by atoms with van der Waals surface area (Å²) in [6.07, 6.45) is 5.35. The molecule has 2 aliphatic rings. The number of rotatable bonds is 4. The quantitative estimate of drug-likeness (QED) is 0.895. The van der Waals surface area contributed by atoms with E-state index in [0.29, 0.717) is 5.75 Å². The van der Waals surface area contributed by atoms with Crippen LogP contribution in [0, 0.1) is 0 Å². The van der Waals surface area contributed by atoms with Gasteiger partial charge in [-0.1, -0.05) is 12.1 Å². The Morgan fingerprint density at radius 3 is 2.83 bits per heavy atom. The van der Waals surface area contributed by atoms with E-state index >= 15 is 0 Å². The van der Waals surface area contributed by atoms with Crippen LogP contribution in [-0.4, -0.2) is 22.1 Å². The van der Waals surface area contributed by atoms with Gasteiger partial charge in [-0.05, 0) is 61.9 Å². The van der Waals surface area contributed by atoms with E-state index in [2.05, 4.69) is 5.32 Å². The Morgan fingerprint density at radius 2 is 2.12 bits per heavy atom. The number of amides is 2. The number of carbonyl (C=O) groups excluding carboxylic acids is 1. The van der Waals surface area contributed by atoms with Gasteiger partial charge in [0.15, 0.2) is 0 Å². The average molecular weight is 326 g/mol. The highest BCUT2D eigenvalue weighted by Gasteiger charge is 2.38. The molecule has 2 atom stereocenters. The van der Waals surface area contributed by atoms with E-state index in [-0.39, 0.29) is 24.2 Å². The van der Waals surface area contributed by atoms with Gasteiger partial charge in [0.2, 0.25) is 0 Å². The number of phenols is 1. The molecule has 2 N–H and O–H groups in total. The largest absolute Gasteiger partial charge is 0.508 e. The Bertz CT molecular complexity index is 737. The zero-order valence-corrected chi connectivity index (χ0v) is 13.7. The summed E-state index contributed by atoms with van der Waals surface area (Å²) in [5.74, 6) is 1.13. The van der Waals surface area contributed by atoms with Crippen molar-refractivity contribution < 1.29 is 14.3 Å². The standard InChI is InChI=1S/C19H22N2O3/c1-12(18-6-3-11-24-18)21(13-7-8-13)19(23)20-16-10-9-15-14(16)4-2-5-17(15)22/h2-6,11-13,16,22H,7-10H2,1H3,(H,20,23)/t12-,16-/m1/s1. The maximum Gasteiger partial charge on any atom is 0.318 e. The molecule has 2 amide bonds. The van der Waals surface area contributed by atoms with Gasteiger partial charge >= 0.3 is 6.03 Å². The van der Waals surface area contributed by atoms with Crippen molar-refractivity contribution in [1.29, 1.82) is 0 Å². The summed E-state index contributed by atoms with van der Waals surface area (Å²) in [5.41, 5.74) is 1.99. The Hall–Kier alpha value is -2.43. The van der Waals surface area contributed by atoms with Crippen LogP contribution in [0.15, 0.2) is 41.0 Å². The van der Waals surface area contributed by atoms with Crippen LogP contribution in [0.25, 0.3) is 0 Å². The van der Waals surface area contributed by atoms with E-state index in [4.69, 9.17) is 4.42 Å². The molecule has 126 valence electrons. The first-order valence-corrected chi connectivity index (χ1v) is 8.58. The fraction of sp³-hybridized carbons (Fsp3) is 0.421. The fourth-order valence-electron chi connectivity index (χ4n) is 3.69. The molecule has 5 heteroatoms. The molecule has 0 saturated heterocycles. The maximum atomic E-state index is 12.9. The van der Waals surface area contributed by atoms with Gasteiger partial charge in [0.05, 0.1) is 18.3 Å². The van der Waals surface area contributed by atoms with E-state index in [1.165, 1.54) is 0 Å². The van der Waals surface area contributed by atoms with Crippen molar-refractivity contribution in [2.45, 2.75) is 50.7 Å². The topological polar surface area (TPSA) is 65.7 Å². The van der Waals surface area contributed by atoms with Crippen LogP contribution >= 0.6 is 0 Å². The SMILES string of the molecule is C[C@H](c1ccco1)N(C(=O)N[C@@H]1CCc2c(O)cccc21)C1CC1. The number of hydrogen-bond acceptors (Lipinski definition) is 3. The van der Waals surface area contributed by atoms with E-state index < -0.39 is 0 Å². The van der Waals surface area contributed by atoms with Crippen LogP contribution < -0.4 is 5.32 Å². The number of urea groups is 1. The first-order valence-electron chi connectivity index (χ1n) is 8.58. The molecule has 1 aromatic heterocycles. The number of phenolic OH excluding ortho intramolecular Hbond substituents is 1. The molecule has 0 bridgehead atoms. The van der Waals surface area contributed by atoms with Crippen LogP contribution in [0.2, 0.25) is 0 Å². The Morgan fingerprint density at radius 1 is 1.29 bits per heavy atom. The monoisotopic (exact) mass is 326 g/mol. The molecule has 5 nitrogen and oxygen atoms in total. The van der Waals surface area contributed by atoms with Crippen LogP contribution in [0.3, 0.4) is 0 Å². The summed E-state index contributed by atoms with van der Waals surface area (Å²) < 4.78 is 5.49. The second-order valence-electron chi connectivity index (χ2n) is 6.72. The normalized spacial score (nSPS) is 20.5. The summed E-state index contributed by atoms with van der Waals surface area (Å²) >= 11 is 0. The number of fused-ring (bicyclic) bond motifs is 1. The third-order valence-electron chi connectivity index (χ3n) is 5.09. The van der Waals surface area contributed by atoms with Crippen LogP contribution in [0.1, 0.15) is 55.2 Å². The van der Waals surface area contributed by atoms with E-state index in [9.17, 15) is 9.90 Å². The summed E-state index contributed by atoms with van der Waals surface area (Å²) in [7, 11) is 0. The molecular weight excluding hydrogens is 304 g/mol. The number of benzene rings is 1. The predicted octanol–water partition coefficient (Wildman–Crippen LogP) is 3.91. The second-order valence-corrected chi connectivity index (χ2v) is 6.72. The molecule has 0 radical (unpaired) electrons. The second kappa shape index (κ2) is 5.89. The minimum atomic E-state index is -0.0856. The van der Waals surface area contributed by atoms with Crippen LogP contribution in [0.5, 0.6) is 5.75 Å². The lowest BCUT2D eigenvalue weighted by Gasteiger charge is -2.30. The molecule has 24 heavy (non-hydrogen) atoms. The van der Waals surface area contributed by atoms with Crippen molar-refractivity contribution in [2.24, 2.45) is 0 Å². The van der Waals surface area contributed by atoms with Gasteiger partial charge in [0.25, 0.3) is 0 Å². The van der Waals surface area contributed by atoms with Crippen LogP contribution in [0.4, 0.5) is 4.79 Å². The highest BCUT2D eigenvalue weighted by molar-refractivity contribution is 5.76. The first kappa shape index (κ1) is 15.1. The summed E-state index contributed by atoms with van der Waals surface area (Å²) in [5, 5.41) is 13.1. The molecule has 2 aromatic rings. The summed E-state index contributed by atoms with van der Waals surface area (Å²) in [6.45, 7) is 2.01. The molecular formula is C19H22N2O3. The third-order valence-corrected chi connectivity index (χ3v) is 5.09. The van der Waals surface area contributed by atoms with Crippen molar-refractivity contribution in [3.8, 4) is 5.75 Å². The molecule has 2 aliphatic carbocycles. The van der Waals surface area contributed by atoms with Gasteiger partial charge in [-0.2, -0.15) is 0 Å². The lowest BCUT2D eigenvalue weighted by atomic mass is 10.1. The molecule has 1 fully saturated rings. The maximum absolute atomic E-state index is 12.9. The van der Waals surface area contributed by atoms with Gasteiger partial charge in [-0.25, -0.2) is 4.79 Å². The number of hydrogen-bond donors (Lipinski definition) is 2. The molecule has 1 heterocycles. The van der Waals surface area contributed by atoms with Gasteiger partial charge in [-0.15, -0.1) is 0 Å². The summed E-state index contributed by atoms with van der Waals surface area (Å²) in [4.78, 5) is 14.8. The number of carbonyl (C=O) groups is 1. The minimum Gasteiger partial charge on any atom is -0.508 e. The molecule has 0 aliphatic heterocycles. The van der Waals surface area contributed by atoms with Crippen molar-refractivity contribution >= 4 is 6.03 Å². The minimum absolute atomic E-state index is 0.0374. The average Bonchev–Trinajstić information content (AvgIpc) is 3.09. The Kier molecular flexibility index (Phi) is 3.71. The van der Waals surface area contributed by atoms with Crippen molar-refractivity contribution in [1.82, 2.24) is 10.2 Å². The number of nitrogens with one attached hydrogen (secondary N) is 1. The van der Waals surface area contributed by atoms with Gasteiger partial charge in [-0.3, -0.25) is 0 Å². The molecule has 0 spiro atoms.